The van der Waals surface area contributed by atoms with Crippen LogP contribution in [0.3, 0.4) is 0 Å². The fraction of sp³-hybridized carbons (Fsp3) is 0.211. The Hall–Kier alpha value is -2.61. The highest BCUT2D eigenvalue weighted by Gasteiger charge is 2.24. The molecule has 0 amide bonds. The van der Waals surface area contributed by atoms with Gasteiger partial charge in [0, 0.05) is 23.2 Å². The van der Waals surface area contributed by atoms with E-state index in [-0.39, 0.29) is 52.4 Å². The van der Waals surface area contributed by atoms with Gasteiger partial charge < -0.3 is 20.3 Å². The van der Waals surface area contributed by atoms with Gasteiger partial charge in [0.15, 0.2) is 6.61 Å². The molecular formula is C19H17Cl2NO6. The maximum Gasteiger partial charge on any atom is 0.344 e. The molecule has 0 aromatic heterocycles. The molecule has 2 aromatic carbocycles. The summed E-state index contributed by atoms with van der Waals surface area (Å²) < 4.78 is 9.96. The molecule has 0 unspecified atom stereocenters. The van der Waals surface area contributed by atoms with E-state index in [0.29, 0.717) is 5.56 Å². The third-order valence-electron chi connectivity index (χ3n) is 3.71. The molecule has 148 valence electrons. The quantitative estimate of drug-likeness (QED) is 0.378. The van der Waals surface area contributed by atoms with Gasteiger partial charge in [-0.15, -0.1) is 0 Å². The molecule has 0 aliphatic rings. The lowest BCUT2D eigenvalue weighted by molar-refractivity contribution is -0.145. The summed E-state index contributed by atoms with van der Waals surface area (Å²) in [7, 11) is 0. The predicted molar refractivity (Wildman–Crippen MR) is 103 cm³/mol. The van der Waals surface area contributed by atoms with E-state index >= 15 is 0 Å². The number of carbonyl (C=O) groups is 3. The molecule has 3 N–H and O–H groups in total. The van der Waals surface area contributed by atoms with Crippen LogP contribution in [0.15, 0.2) is 30.3 Å². The summed E-state index contributed by atoms with van der Waals surface area (Å²) in [5.74, 6) is -2.33. The topological polar surface area (TPSA) is 116 Å². The minimum atomic E-state index is -0.891. The van der Waals surface area contributed by atoms with Crippen molar-refractivity contribution in [2.45, 2.75) is 13.5 Å². The van der Waals surface area contributed by atoms with Gasteiger partial charge in [0.05, 0.1) is 11.6 Å². The maximum atomic E-state index is 12.6. The average Bonchev–Trinajstić information content (AvgIpc) is 2.68. The molecular weight excluding hydrogens is 409 g/mol. The number of rotatable bonds is 8. The van der Waals surface area contributed by atoms with Crippen LogP contribution in [0.1, 0.15) is 33.2 Å². The van der Waals surface area contributed by atoms with Crippen LogP contribution >= 0.6 is 23.2 Å². The third-order valence-corrected chi connectivity index (χ3v) is 4.57. The average molecular weight is 426 g/mol. The van der Waals surface area contributed by atoms with E-state index in [0.717, 1.165) is 0 Å². The number of nitrogens with two attached hydrogens (primary N) is 1. The minimum absolute atomic E-state index is 0.000228. The summed E-state index contributed by atoms with van der Waals surface area (Å²) in [5, 5.41) is 9.35. The number of carbonyl (C=O) groups excluding carboxylic acids is 3. The molecule has 0 bridgehead atoms. The Morgan fingerprint density at radius 1 is 1.07 bits per heavy atom. The summed E-state index contributed by atoms with van der Waals surface area (Å²) >= 11 is 12.2. The highest BCUT2D eigenvalue weighted by Crippen LogP contribution is 2.35. The molecule has 0 radical (unpaired) electrons. The maximum absolute atomic E-state index is 12.6. The Bertz CT molecular complexity index is 929. The number of phenols is 1. The number of esters is 1. The molecule has 0 aliphatic carbocycles. The monoisotopic (exact) mass is 425 g/mol. The Kier molecular flexibility index (Phi) is 7.39. The van der Waals surface area contributed by atoms with E-state index in [1.807, 2.05) is 0 Å². The van der Waals surface area contributed by atoms with Crippen LogP contribution in [0.4, 0.5) is 0 Å². The van der Waals surface area contributed by atoms with Crippen molar-refractivity contribution in [2.24, 2.45) is 5.73 Å². The van der Waals surface area contributed by atoms with Gasteiger partial charge in [-0.3, -0.25) is 9.59 Å². The zero-order valence-corrected chi connectivity index (χ0v) is 16.3. The van der Waals surface area contributed by atoms with Crippen molar-refractivity contribution in [1.82, 2.24) is 0 Å². The molecule has 9 heteroatoms. The molecule has 28 heavy (non-hydrogen) atoms. The van der Waals surface area contributed by atoms with Crippen LogP contribution in [0.2, 0.25) is 10.0 Å². The number of ketones is 2. The van der Waals surface area contributed by atoms with E-state index in [4.69, 9.17) is 38.4 Å². The number of hydrogen-bond donors (Lipinski definition) is 2. The van der Waals surface area contributed by atoms with Crippen molar-refractivity contribution < 1.29 is 29.0 Å². The van der Waals surface area contributed by atoms with Crippen LogP contribution in [-0.2, 0) is 16.1 Å². The molecule has 7 nitrogen and oxygen atoms in total. The Labute approximate surface area is 170 Å². The van der Waals surface area contributed by atoms with Crippen molar-refractivity contribution in [3.63, 3.8) is 0 Å². The summed E-state index contributed by atoms with van der Waals surface area (Å²) in [6.07, 6.45) is 0. The van der Waals surface area contributed by atoms with Gasteiger partial charge in [0.25, 0.3) is 0 Å². The van der Waals surface area contributed by atoms with Crippen molar-refractivity contribution in [1.29, 1.82) is 0 Å². The Morgan fingerprint density at radius 3 is 2.43 bits per heavy atom. The number of Topliss-reactive ketones (excluding diaryl/α,β-unsaturated/α-hetero) is 2. The van der Waals surface area contributed by atoms with E-state index in [2.05, 4.69) is 0 Å². The largest absolute Gasteiger partial charge is 0.508 e. The molecule has 0 heterocycles. The first-order valence-corrected chi connectivity index (χ1v) is 8.93. The second kappa shape index (κ2) is 9.54. The second-order valence-corrected chi connectivity index (χ2v) is 6.29. The molecule has 0 saturated heterocycles. The van der Waals surface area contributed by atoms with Crippen LogP contribution in [0.25, 0.3) is 0 Å². The number of aromatic hydroxyl groups is 1. The molecule has 0 fully saturated rings. The number of halogens is 2. The molecule has 0 saturated carbocycles. The molecule has 2 rings (SSSR count). The normalized spacial score (nSPS) is 10.4. The van der Waals surface area contributed by atoms with Gasteiger partial charge in [0.1, 0.15) is 16.5 Å². The van der Waals surface area contributed by atoms with Crippen LogP contribution in [-0.4, -0.2) is 35.9 Å². The SMILES string of the molecule is CCOC(=O)COc1ccc(C(=O)C(=O)c2ccc(O)c(CN)c2)c(Cl)c1Cl. The smallest absolute Gasteiger partial charge is 0.344 e. The van der Waals surface area contributed by atoms with Crippen molar-refractivity contribution in [2.75, 3.05) is 13.2 Å². The highest BCUT2D eigenvalue weighted by molar-refractivity contribution is 6.53. The number of ether oxygens (including phenoxy) is 2. The predicted octanol–water partition coefficient (Wildman–Crippen LogP) is 3.17. The van der Waals surface area contributed by atoms with E-state index in [1.165, 1.54) is 30.3 Å². The van der Waals surface area contributed by atoms with Crippen LogP contribution in [0.5, 0.6) is 11.5 Å². The Balaban J connectivity index is 2.25. The fourth-order valence-corrected chi connectivity index (χ4v) is 2.76. The number of benzene rings is 2. The standard InChI is InChI=1S/C19H17Cl2NO6/c1-2-27-15(24)9-28-14-6-4-12(16(20)17(14)21)19(26)18(25)10-3-5-13(23)11(7-10)8-22/h3-7,23H,2,8-9,22H2,1H3. The second-order valence-electron chi connectivity index (χ2n) is 5.54. The summed E-state index contributed by atoms with van der Waals surface area (Å²) in [6.45, 7) is 1.48. The van der Waals surface area contributed by atoms with E-state index in [1.54, 1.807) is 6.92 Å². The highest BCUT2D eigenvalue weighted by atomic mass is 35.5. The first-order valence-electron chi connectivity index (χ1n) is 8.17. The van der Waals surface area contributed by atoms with Gasteiger partial charge in [-0.1, -0.05) is 23.2 Å². The lowest BCUT2D eigenvalue weighted by Gasteiger charge is -2.11. The zero-order valence-electron chi connectivity index (χ0n) is 14.8. The number of hydrogen-bond acceptors (Lipinski definition) is 7. The summed E-state index contributed by atoms with van der Waals surface area (Å²) in [6, 6.07) is 6.53. The lowest BCUT2D eigenvalue weighted by atomic mass is 9.99. The molecule has 0 spiro atoms. The van der Waals surface area contributed by atoms with Gasteiger partial charge in [-0.05, 0) is 37.3 Å². The summed E-state index contributed by atoms with van der Waals surface area (Å²) in [4.78, 5) is 36.4. The van der Waals surface area contributed by atoms with Gasteiger partial charge in [0.2, 0.25) is 11.6 Å². The lowest BCUT2D eigenvalue weighted by Crippen LogP contribution is -2.17. The summed E-state index contributed by atoms with van der Waals surface area (Å²) in [5.41, 5.74) is 5.75. The third kappa shape index (κ3) is 4.81. The van der Waals surface area contributed by atoms with E-state index < -0.39 is 17.5 Å². The van der Waals surface area contributed by atoms with Gasteiger partial charge in [-0.2, -0.15) is 0 Å². The zero-order chi connectivity index (χ0) is 20.8. The fourth-order valence-electron chi connectivity index (χ4n) is 2.30. The van der Waals surface area contributed by atoms with E-state index in [9.17, 15) is 19.5 Å². The van der Waals surface area contributed by atoms with Gasteiger partial charge >= 0.3 is 5.97 Å². The molecule has 0 atom stereocenters. The first kappa shape index (κ1) is 21.7. The Morgan fingerprint density at radius 2 is 1.79 bits per heavy atom. The first-order chi connectivity index (χ1) is 13.3. The van der Waals surface area contributed by atoms with Gasteiger partial charge in [-0.25, -0.2) is 4.79 Å². The van der Waals surface area contributed by atoms with Crippen LogP contribution < -0.4 is 10.5 Å². The van der Waals surface area contributed by atoms with Crippen molar-refractivity contribution >= 4 is 40.7 Å². The minimum Gasteiger partial charge on any atom is -0.508 e. The van der Waals surface area contributed by atoms with Crippen LogP contribution in [0, 0.1) is 0 Å². The number of phenolic OH excluding ortho intramolecular Hbond substituents is 1. The molecule has 2 aromatic rings. The van der Waals surface area contributed by atoms with Crippen molar-refractivity contribution in [3.05, 3.63) is 57.1 Å². The van der Waals surface area contributed by atoms with Crippen molar-refractivity contribution in [3.8, 4) is 11.5 Å². The molecule has 0 aliphatic heterocycles.